The van der Waals surface area contributed by atoms with E-state index in [9.17, 15) is 14.4 Å². The van der Waals surface area contributed by atoms with E-state index in [4.69, 9.17) is 0 Å². The van der Waals surface area contributed by atoms with Gasteiger partial charge in [-0.2, -0.15) is 0 Å². The minimum absolute atomic E-state index is 0.0985. The van der Waals surface area contributed by atoms with Crippen molar-refractivity contribution in [2.75, 3.05) is 11.9 Å². The zero-order valence-corrected chi connectivity index (χ0v) is 15.4. The summed E-state index contributed by atoms with van der Waals surface area (Å²) in [5.74, 6) is -0.482. The van der Waals surface area contributed by atoms with Crippen molar-refractivity contribution in [3.8, 4) is 0 Å². The predicted octanol–water partition coefficient (Wildman–Crippen LogP) is 2.76. The van der Waals surface area contributed by atoms with E-state index in [0.29, 0.717) is 5.69 Å². The maximum Gasteiger partial charge on any atom is 0.233 e. The molecule has 3 aliphatic carbocycles. The number of carbonyl (C=O) groups excluding carboxylic acids is 3. The van der Waals surface area contributed by atoms with Crippen molar-refractivity contribution < 1.29 is 14.4 Å². The molecule has 1 saturated carbocycles. The van der Waals surface area contributed by atoms with Gasteiger partial charge in [0.1, 0.15) is 0 Å². The van der Waals surface area contributed by atoms with Crippen molar-refractivity contribution in [1.29, 1.82) is 0 Å². The molecule has 142 valence electrons. The summed E-state index contributed by atoms with van der Waals surface area (Å²) in [7, 11) is 0. The van der Waals surface area contributed by atoms with Gasteiger partial charge in [-0.05, 0) is 48.9 Å². The lowest BCUT2D eigenvalue weighted by Crippen LogP contribution is -2.38. The van der Waals surface area contributed by atoms with Crippen LogP contribution in [-0.2, 0) is 14.4 Å². The molecule has 1 saturated heterocycles. The van der Waals surface area contributed by atoms with Gasteiger partial charge in [-0.3, -0.25) is 24.3 Å². The Labute approximate surface area is 162 Å². The highest BCUT2D eigenvalue weighted by Gasteiger charge is 2.56. The number of aromatic nitrogens is 1. The van der Waals surface area contributed by atoms with Crippen LogP contribution in [0.15, 0.2) is 48.7 Å². The summed E-state index contributed by atoms with van der Waals surface area (Å²) in [6, 6.07) is 9.30. The second-order valence-corrected chi connectivity index (χ2v) is 7.88. The Bertz CT molecular complexity index is 983. The molecule has 1 aromatic heterocycles. The van der Waals surface area contributed by atoms with Crippen LogP contribution >= 0.6 is 0 Å². The van der Waals surface area contributed by atoms with Crippen LogP contribution in [0.4, 0.5) is 5.69 Å². The van der Waals surface area contributed by atoms with Crippen LogP contribution in [0, 0.1) is 23.7 Å². The Morgan fingerprint density at radius 1 is 1.07 bits per heavy atom. The smallest absolute Gasteiger partial charge is 0.233 e. The van der Waals surface area contributed by atoms with Crippen LogP contribution < -0.4 is 5.32 Å². The quantitative estimate of drug-likeness (QED) is 0.658. The first-order valence-corrected chi connectivity index (χ1v) is 9.80. The molecule has 3 amide bonds. The lowest BCUT2D eigenvalue weighted by Gasteiger charge is -2.38. The van der Waals surface area contributed by atoms with E-state index in [1.807, 2.05) is 24.3 Å². The number of amides is 3. The number of imide groups is 1. The number of nitrogens with zero attached hydrogens (tertiary/aromatic N) is 2. The molecule has 0 radical (unpaired) electrons. The van der Waals surface area contributed by atoms with Crippen molar-refractivity contribution in [2.45, 2.75) is 19.3 Å². The molecule has 2 aromatic rings. The van der Waals surface area contributed by atoms with Gasteiger partial charge in [0.2, 0.25) is 17.7 Å². The third-order valence-corrected chi connectivity index (χ3v) is 6.30. The number of hydrogen-bond donors (Lipinski definition) is 1. The molecule has 0 spiro atoms. The topological polar surface area (TPSA) is 79.4 Å². The summed E-state index contributed by atoms with van der Waals surface area (Å²) in [5.41, 5.74) is 1.54. The molecular weight excluding hydrogens is 354 g/mol. The Kier molecular flexibility index (Phi) is 4.00. The minimum Gasteiger partial charge on any atom is -0.326 e. The highest BCUT2D eigenvalue weighted by atomic mass is 16.2. The SMILES string of the molecule is O=C(CCN1C(=O)C2C3C=CC(CC3)C2C1=O)Nc1ccc2ncccc2c1. The van der Waals surface area contributed by atoms with Gasteiger partial charge < -0.3 is 5.32 Å². The predicted molar refractivity (Wildman–Crippen MR) is 104 cm³/mol. The molecule has 4 atom stereocenters. The molecule has 2 heterocycles. The van der Waals surface area contributed by atoms with E-state index < -0.39 is 0 Å². The number of carbonyl (C=O) groups is 3. The highest BCUT2D eigenvalue weighted by molar-refractivity contribution is 6.06. The van der Waals surface area contributed by atoms with Crippen LogP contribution in [0.1, 0.15) is 19.3 Å². The highest BCUT2D eigenvalue weighted by Crippen LogP contribution is 2.49. The molecule has 6 heteroatoms. The number of pyridine rings is 1. The molecule has 6 nitrogen and oxygen atoms in total. The summed E-state index contributed by atoms with van der Waals surface area (Å²) in [4.78, 5) is 43.5. The van der Waals surface area contributed by atoms with E-state index in [1.54, 1.807) is 12.3 Å². The third-order valence-electron chi connectivity index (χ3n) is 6.30. The average Bonchev–Trinajstić information content (AvgIpc) is 2.99. The van der Waals surface area contributed by atoms with Crippen molar-refractivity contribution >= 4 is 34.3 Å². The van der Waals surface area contributed by atoms with Crippen LogP contribution in [0.3, 0.4) is 0 Å². The number of anilines is 1. The molecule has 28 heavy (non-hydrogen) atoms. The molecule has 4 unspecified atom stereocenters. The van der Waals surface area contributed by atoms with Gasteiger partial charge in [0, 0.05) is 30.2 Å². The summed E-state index contributed by atoms with van der Waals surface area (Å²) in [6.07, 6.45) is 7.99. The standard InChI is InChI=1S/C22H21N3O3/c26-18(24-16-7-8-17-15(12-16)2-1-10-23-17)9-11-25-21(27)19-13-3-4-14(6-5-13)20(19)22(25)28/h1-4,7-8,10,12-14,19-20H,5-6,9,11H2,(H,24,26). The van der Waals surface area contributed by atoms with Crippen LogP contribution in [0.2, 0.25) is 0 Å². The first kappa shape index (κ1) is 17.1. The van der Waals surface area contributed by atoms with Crippen molar-refractivity contribution in [1.82, 2.24) is 9.88 Å². The lowest BCUT2D eigenvalue weighted by molar-refractivity contribution is -0.140. The van der Waals surface area contributed by atoms with Crippen molar-refractivity contribution in [2.24, 2.45) is 23.7 Å². The van der Waals surface area contributed by atoms with Crippen LogP contribution in [0.5, 0.6) is 0 Å². The molecular formula is C22H21N3O3. The normalized spacial score (nSPS) is 28.1. The van der Waals surface area contributed by atoms with Gasteiger partial charge in [-0.1, -0.05) is 18.2 Å². The van der Waals surface area contributed by atoms with Crippen molar-refractivity contribution in [3.63, 3.8) is 0 Å². The number of likely N-dealkylation sites (tertiary alicyclic amines) is 1. The summed E-state index contributed by atoms with van der Waals surface area (Å²) in [5, 5.41) is 3.79. The molecule has 1 aliphatic heterocycles. The largest absolute Gasteiger partial charge is 0.326 e. The minimum atomic E-state index is -0.215. The fraction of sp³-hybridized carbons (Fsp3) is 0.364. The first-order chi connectivity index (χ1) is 13.6. The summed E-state index contributed by atoms with van der Waals surface area (Å²) in [6.45, 7) is 0.144. The van der Waals surface area contributed by atoms with Gasteiger partial charge in [0.05, 0.1) is 17.4 Å². The fourth-order valence-electron chi connectivity index (χ4n) is 4.95. The molecule has 1 aromatic carbocycles. The maximum absolute atomic E-state index is 12.8. The molecule has 4 aliphatic rings. The second-order valence-electron chi connectivity index (χ2n) is 7.88. The number of allylic oxidation sites excluding steroid dienone is 2. The van der Waals surface area contributed by atoms with Crippen molar-refractivity contribution in [3.05, 3.63) is 48.7 Å². The Balaban J connectivity index is 1.24. The first-order valence-electron chi connectivity index (χ1n) is 9.80. The van der Waals surface area contributed by atoms with Crippen LogP contribution in [-0.4, -0.2) is 34.2 Å². The van der Waals surface area contributed by atoms with Gasteiger partial charge in [-0.25, -0.2) is 0 Å². The zero-order valence-electron chi connectivity index (χ0n) is 15.4. The zero-order chi connectivity index (χ0) is 19.3. The van der Waals surface area contributed by atoms with Crippen LogP contribution in [0.25, 0.3) is 10.9 Å². The molecule has 2 bridgehead atoms. The monoisotopic (exact) mass is 375 g/mol. The fourth-order valence-corrected chi connectivity index (χ4v) is 4.95. The third kappa shape index (κ3) is 2.71. The average molecular weight is 375 g/mol. The number of benzene rings is 1. The Hall–Kier alpha value is -3.02. The van der Waals surface area contributed by atoms with E-state index in [1.165, 1.54) is 4.90 Å². The van der Waals surface area contributed by atoms with Gasteiger partial charge in [0.15, 0.2) is 0 Å². The number of hydrogen-bond acceptors (Lipinski definition) is 4. The van der Waals surface area contributed by atoms with Gasteiger partial charge >= 0.3 is 0 Å². The number of nitrogens with one attached hydrogen (secondary N) is 1. The van der Waals surface area contributed by atoms with E-state index in [0.717, 1.165) is 23.7 Å². The number of rotatable bonds is 4. The lowest BCUT2D eigenvalue weighted by atomic mass is 9.63. The van der Waals surface area contributed by atoms with E-state index >= 15 is 0 Å². The van der Waals surface area contributed by atoms with E-state index in [2.05, 4.69) is 22.5 Å². The Morgan fingerprint density at radius 2 is 1.79 bits per heavy atom. The molecule has 6 rings (SSSR count). The second kappa shape index (κ2) is 6.55. The van der Waals surface area contributed by atoms with E-state index in [-0.39, 0.29) is 54.4 Å². The number of fused-ring (bicyclic) bond motifs is 2. The molecule has 2 fully saturated rings. The maximum atomic E-state index is 12.8. The Morgan fingerprint density at radius 3 is 2.46 bits per heavy atom. The van der Waals surface area contributed by atoms with Gasteiger partial charge in [-0.15, -0.1) is 0 Å². The molecule has 1 N–H and O–H groups in total. The van der Waals surface area contributed by atoms with Gasteiger partial charge in [0.25, 0.3) is 0 Å². The summed E-state index contributed by atoms with van der Waals surface area (Å²) >= 11 is 0. The summed E-state index contributed by atoms with van der Waals surface area (Å²) < 4.78 is 0.